The van der Waals surface area contributed by atoms with Gasteiger partial charge in [-0.05, 0) is 78.2 Å². The van der Waals surface area contributed by atoms with Crippen LogP contribution in [0.4, 0.5) is 0 Å². The van der Waals surface area contributed by atoms with E-state index in [2.05, 4.69) is 51.8 Å². The van der Waals surface area contributed by atoms with Crippen LogP contribution in [0, 0.1) is 35.0 Å². The van der Waals surface area contributed by atoms with E-state index < -0.39 is 0 Å². The summed E-state index contributed by atoms with van der Waals surface area (Å²) in [6.07, 6.45) is 15.3. The summed E-state index contributed by atoms with van der Waals surface area (Å²) in [6, 6.07) is 10.0. The molecular formula is C29H36. The van der Waals surface area contributed by atoms with Crippen molar-refractivity contribution >= 4 is 6.08 Å². The molecule has 5 rings (SSSR count). The Hall–Kier alpha value is -2.08. The summed E-state index contributed by atoms with van der Waals surface area (Å²) in [4.78, 5) is 0. The van der Waals surface area contributed by atoms with Crippen molar-refractivity contribution in [2.75, 3.05) is 0 Å². The third-order valence-electron chi connectivity index (χ3n) is 8.28. The van der Waals surface area contributed by atoms with Crippen molar-refractivity contribution in [2.24, 2.45) is 35.0 Å². The van der Waals surface area contributed by atoms with Crippen LogP contribution >= 0.6 is 0 Å². The van der Waals surface area contributed by atoms with Crippen LogP contribution in [0.2, 0.25) is 0 Å². The van der Waals surface area contributed by atoms with Gasteiger partial charge < -0.3 is 0 Å². The molecule has 3 fully saturated rings. The van der Waals surface area contributed by atoms with Gasteiger partial charge in [0, 0.05) is 0 Å². The topological polar surface area (TPSA) is 0 Å². The summed E-state index contributed by atoms with van der Waals surface area (Å²) in [5.74, 6) is 3.86. The Labute approximate surface area is 177 Å². The van der Waals surface area contributed by atoms with Gasteiger partial charge in [-0.25, -0.2) is 0 Å². The van der Waals surface area contributed by atoms with E-state index >= 15 is 0 Å². The molecule has 0 saturated heterocycles. The second kappa shape index (κ2) is 7.98. The van der Waals surface area contributed by atoms with Crippen molar-refractivity contribution in [1.82, 2.24) is 0 Å². The summed E-state index contributed by atoms with van der Waals surface area (Å²) in [5.41, 5.74) is 6.20. The molecule has 0 aromatic heterocycles. The normalized spacial score (nSPS) is 37.4. The maximum atomic E-state index is 4.57. The van der Waals surface area contributed by atoms with Gasteiger partial charge in [0.05, 0.1) is 0 Å². The first-order chi connectivity index (χ1) is 13.9. The molecule has 3 saturated carbocycles. The molecule has 4 aliphatic rings. The second-order valence-corrected chi connectivity index (χ2v) is 9.95. The largest absolute Gasteiger partial charge is 0.0996 e. The van der Waals surface area contributed by atoms with Gasteiger partial charge in [0.15, 0.2) is 0 Å². The van der Waals surface area contributed by atoms with Gasteiger partial charge in [-0.1, -0.05) is 99.4 Å². The standard InChI is InChI=1S/C21H28.C8H8/c1-13-9-16-11-18(13)20-15(3)19(17-7-5-6-8-17)10-14(2)21(20,4)12-16;1-2-8-6-4-3-5-7-8/h5,7-8,15-16,18-20H,1-2,6,9-12H2,3-4H3;2-7H,1H2/t15?,16?,18?,19-,20?,21?;/m1./s1. The van der Waals surface area contributed by atoms with Crippen molar-refractivity contribution in [3.8, 4) is 0 Å². The van der Waals surface area contributed by atoms with Crippen LogP contribution in [0.3, 0.4) is 0 Å². The fraction of sp³-hybridized carbons (Fsp3) is 0.448. The first-order valence-corrected chi connectivity index (χ1v) is 11.3. The van der Waals surface area contributed by atoms with Crippen LogP contribution < -0.4 is 0 Å². The highest BCUT2D eigenvalue weighted by Crippen LogP contribution is 2.65. The van der Waals surface area contributed by atoms with Gasteiger partial charge >= 0.3 is 0 Å². The van der Waals surface area contributed by atoms with Gasteiger partial charge in [0.1, 0.15) is 0 Å². The fourth-order valence-corrected chi connectivity index (χ4v) is 6.89. The van der Waals surface area contributed by atoms with Gasteiger partial charge in [0.25, 0.3) is 0 Å². The lowest BCUT2D eigenvalue weighted by atomic mass is 9.49. The monoisotopic (exact) mass is 384 g/mol. The quantitative estimate of drug-likeness (QED) is 0.453. The van der Waals surface area contributed by atoms with E-state index in [4.69, 9.17) is 0 Å². The summed E-state index contributed by atoms with van der Waals surface area (Å²) in [7, 11) is 0. The first-order valence-electron chi connectivity index (χ1n) is 11.3. The van der Waals surface area contributed by atoms with E-state index in [1.807, 2.05) is 36.4 Å². The van der Waals surface area contributed by atoms with E-state index in [-0.39, 0.29) is 0 Å². The molecule has 0 aliphatic heterocycles. The third kappa shape index (κ3) is 3.63. The van der Waals surface area contributed by atoms with Crippen LogP contribution in [0.15, 0.2) is 85.0 Å². The molecular weight excluding hydrogens is 348 g/mol. The number of fused-ring (bicyclic) bond motifs is 4. The molecule has 5 unspecified atom stereocenters. The van der Waals surface area contributed by atoms with E-state index in [0.717, 1.165) is 30.1 Å². The number of hydrogen-bond acceptors (Lipinski definition) is 0. The average Bonchev–Trinajstić information content (AvgIpc) is 3.35. The second-order valence-electron chi connectivity index (χ2n) is 9.95. The van der Waals surface area contributed by atoms with E-state index in [1.165, 1.54) is 36.8 Å². The van der Waals surface area contributed by atoms with Gasteiger partial charge in [-0.3, -0.25) is 0 Å². The Morgan fingerprint density at radius 1 is 1.07 bits per heavy atom. The van der Waals surface area contributed by atoms with E-state index in [0.29, 0.717) is 11.3 Å². The summed E-state index contributed by atoms with van der Waals surface area (Å²) in [6.45, 7) is 17.7. The van der Waals surface area contributed by atoms with Gasteiger partial charge in [-0.15, -0.1) is 0 Å². The van der Waals surface area contributed by atoms with Crippen molar-refractivity contribution in [1.29, 1.82) is 0 Å². The Morgan fingerprint density at radius 2 is 1.83 bits per heavy atom. The Balaban J connectivity index is 0.000000216. The van der Waals surface area contributed by atoms with Crippen molar-refractivity contribution in [2.45, 2.75) is 46.0 Å². The van der Waals surface area contributed by atoms with Crippen LogP contribution in [-0.2, 0) is 0 Å². The molecule has 152 valence electrons. The molecule has 0 spiro atoms. The molecule has 0 N–H and O–H groups in total. The van der Waals surface area contributed by atoms with Gasteiger partial charge in [-0.2, -0.15) is 0 Å². The predicted molar refractivity (Wildman–Crippen MR) is 126 cm³/mol. The predicted octanol–water partition coefficient (Wildman–Crippen LogP) is 8.02. The van der Waals surface area contributed by atoms with E-state index in [9.17, 15) is 0 Å². The molecule has 0 amide bonds. The summed E-state index contributed by atoms with van der Waals surface area (Å²) >= 11 is 0. The summed E-state index contributed by atoms with van der Waals surface area (Å²) in [5, 5.41) is 0. The van der Waals surface area contributed by atoms with Crippen molar-refractivity contribution in [3.05, 3.63) is 90.6 Å². The number of benzene rings is 1. The minimum absolute atomic E-state index is 0.367. The minimum atomic E-state index is 0.367. The minimum Gasteiger partial charge on any atom is -0.0996 e. The molecule has 0 heteroatoms. The Kier molecular flexibility index (Phi) is 5.56. The molecule has 4 aliphatic carbocycles. The highest BCUT2D eigenvalue weighted by atomic mass is 14.6. The smallest absolute Gasteiger partial charge is 0.00794 e. The average molecular weight is 385 g/mol. The maximum Gasteiger partial charge on any atom is -0.00794 e. The zero-order chi connectivity index (χ0) is 20.6. The summed E-state index contributed by atoms with van der Waals surface area (Å²) < 4.78 is 0. The van der Waals surface area contributed by atoms with Crippen LogP contribution in [0.5, 0.6) is 0 Å². The van der Waals surface area contributed by atoms with Crippen molar-refractivity contribution in [3.63, 3.8) is 0 Å². The lowest BCUT2D eigenvalue weighted by Crippen LogP contribution is -2.48. The number of rotatable bonds is 2. The molecule has 1 aromatic rings. The number of hydrogen-bond donors (Lipinski definition) is 0. The zero-order valence-corrected chi connectivity index (χ0v) is 18.2. The zero-order valence-electron chi connectivity index (χ0n) is 18.2. The molecule has 29 heavy (non-hydrogen) atoms. The maximum absolute atomic E-state index is 4.57. The SMILES string of the molecule is C=C1CC2CC1C1C(C)[C@H](C3=CCC=C3)CC(=C)C1(C)C2.C=Cc1ccccc1. The molecule has 0 nitrogen and oxygen atoms in total. The van der Waals surface area contributed by atoms with Gasteiger partial charge in [0.2, 0.25) is 0 Å². The third-order valence-corrected chi connectivity index (χ3v) is 8.28. The van der Waals surface area contributed by atoms with E-state index in [1.54, 1.807) is 11.1 Å². The Morgan fingerprint density at radius 3 is 2.45 bits per heavy atom. The molecule has 1 aromatic carbocycles. The molecule has 6 atom stereocenters. The van der Waals surface area contributed by atoms with Crippen LogP contribution in [0.25, 0.3) is 6.08 Å². The number of allylic oxidation sites excluding steroid dienone is 6. The lowest BCUT2D eigenvalue weighted by molar-refractivity contribution is 0.0100. The molecule has 2 bridgehead atoms. The highest BCUT2D eigenvalue weighted by Gasteiger charge is 2.56. The lowest BCUT2D eigenvalue weighted by Gasteiger charge is -2.55. The highest BCUT2D eigenvalue weighted by molar-refractivity contribution is 5.45. The Bertz CT molecular complexity index is 851. The fourth-order valence-electron chi connectivity index (χ4n) is 6.89. The van der Waals surface area contributed by atoms with Crippen LogP contribution in [0.1, 0.15) is 51.5 Å². The molecule has 0 heterocycles. The van der Waals surface area contributed by atoms with Crippen LogP contribution in [-0.4, -0.2) is 0 Å². The molecule has 0 radical (unpaired) electrons. The first kappa shape index (κ1) is 20.2. The van der Waals surface area contributed by atoms with Crippen molar-refractivity contribution < 1.29 is 0 Å².